The summed E-state index contributed by atoms with van der Waals surface area (Å²) in [7, 11) is 0. The normalized spacial score (nSPS) is 18.1. The van der Waals surface area contributed by atoms with Crippen LogP contribution in [0.4, 0.5) is 0 Å². The number of benzene rings is 2. The fourth-order valence-electron chi connectivity index (χ4n) is 4.06. The summed E-state index contributed by atoms with van der Waals surface area (Å²) in [5.74, 6) is 1.33. The van der Waals surface area contributed by atoms with Gasteiger partial charge in [0.1, 0.15) is 30.3 Å². The Hall–Kier alpha value is -2.54. The van der Waals surface area contributed by atoms with Crippen LogP contribution >= 0.6 is 11.6 Å². The molecule has 1 aliphatic heterocycles. The third-order valence-corrected chi connectivity index (χ3v) is 5.74. The molecule has 3 aromatic rings. The van der Waals surface area contributed by atoms with E-state index >= 15 is 0 Å². The van der Waals surface area contributed by atoms with Crippen molar-refractivity contribution >= 4 is 28.4 Å². The zero-order valence-corrected chi connectivity index (χ0v) is 18.3. The minimum atomic E-state index is -0.648. The van der Waals surface area contributed by atoms with E-state index in [2.05, 4.69) is 4.90 Å². The van der Waals surface area contributed by atoms with Gasteiger partial charge >= 0.3 is 0 Å². The summed E-state index contributed by atoms with van der Waals surface area (Å²) >= 11 is 5.94. The Labute approximate surface area is 186 Å². The molecule has 31 heavy (non-hydrogen) atoms. The minimum Gasteiger partial charge on any atom is -0.489 e. The number of hydrogen-bond donors (Lipinski definition) is 1. The maximum absolute atomic E-state index is 11.9. The number of aliphatic hydroxyl groups excluding tert-OH is 1. The minimum absolute atomic E-state index is 0.0772. The molecule has 2 unspecified atom stereocenters. The molecular weight excluding hydrogens is 416 g/mol. The maximum Gasteiger partial charge on any atom is 0.228 e. The summed E-state index contributed by atoms with van der Waals surface area (Å²) in [5.41, 5.74) is 0.733. The Morgan fingerprint density at radius 2 is 2.03 bits per heavy atom. The van der Waals surface area contributed by atoms with Gasteiger partial charge in [0.2, 0.25) is 5.91 Å². The van der Waals surface area contributed by atoms with Crippen LogP contribution in [0.5, 0.6) is 11.5 Å². The third kappa shape index (κ3) is 5.39. The van der Waals surface area contributed by atoms with Crippen molar-refractivity contribution < 1.29 is 19.4 Å². The van der Waals surface area contributed by atoms with Gasteiger partial charge in [0.25, 0.3) is 0 Å². The number of ether oxygens (including phenoxy) is 2. The molecule has 0 aliphatic carbocycles. The highest BCUT2D eigenvalue weighted by Crippen LogP contribution is 2.27. The largest absolute Gasteiger partial charge is 0.489 e. The average Bonchev–Trinajstić information content (AvgIpc) is 3.19. The number of β-amino-alcohol motifs (C(OH)–C–C–N with tert-alkyl or cyclic N) is 1. The molecule has 0 amide bonds. The molecule has 1 saturated heterocycles. The molecule has 0 radical (unpaired) electrons. The van der Waals surface area contributed by atoms with Crippen molar-refractivity contribution in [3.63, 3.8) is 0 Å². The fourth-order valence-corrected chi connectivity index (χ4v) is 4.18. The highest BCUT2D eigenvalue weighted by molar-refractivity contribution is 6.30. The summed E-state index contributed by atoms with van der Waals surface area (Å²) in [4.78, 5) is 14.1. The van der Waals surface area contributed by atoms with Crippen molar-refractivity contribution in [2.45, 2.75) is 32.0 Å². The van der Waals surface area contributed by atoms with E-state index in [-0.39, 0.29) is 18.6 Å². The fraction of sp³-hybridized carbons (Fsp3) is 0.375. The van der Waals surface area contributed by atoms with Crippen molar-refractivity contribution in [1.82, 2.24) is 9.47 Å². The summed E-state index contributed by atoms with van der Waals surface area (Å²) < 4.78 is 13.6. The Kier molecular flexibility index (Phi) is 6.80. The summed E-state index contributed by atoms with van der Waals surface area (Å²) in [6, 6.07) is 14.9. The second kappa shape index (κ2) is 9.73. The van der Waals surface area contributed by atoms with Gasteiger partial charge in [-0.3, -0.25) is 14.3 Å². The molecule has 0 bridgehead atoms. The summed E-state index contributed by atoms with van der Waals surface area (Å²) in [5, 5.41) is 12.2. The summed E-state index contributed by atoms with van der Waals surface area (Å²) in [6.45, 7) is 3.85. The van der Waals surface area contributed by atoms with E-state index in [0.717, 1.165) is 42.6 Å². The van der Waals surface area contributed by atoms with E-state index in [9.17, 15) is 9.90 Å². The lowest BCUT2D eigenvalue weighted by Crippen LogP contribution is -2.45. The molecule has 7 heteroatoms. The van der Waals surface area contributed by atoms with Gasteiger partial charge in [-0.25, -0.2) is 0 Å². The first-order valence-electron chi connectivity index (χ1n) is 10.6. The third-order valence-electron chi connectivity index (χ3n) is 5.49. The SMILES string of the molecule is CC(=O)n1ccc2cccc(OCC(O)CN3CCCC(Oc4ccc(Cl)cc4)C3)c21. The number of fused-ring (bicyclic) bond motifs is 1. The Balaban J connectivity index is 1.32. The standard InChI is InChI=1S/C24H27ClN2O4/c1-17(28)27-13-11-18-4-2-6-23(24(18)27)30-16-20(29)14-26-12-3-5-22(15-26)31-21-9-7-19(25)8-10-21/h2,4,6-11,13,20,22,29H,3,5,12,14-16H2,1H3. The van der Waals surface area contributed by atoms with E-state index in [1.165, 1.54) is 6.92 Å². The first-order valence-corrected chi connectivity index (χ1v) is 10.9. The lowest BCUT2D eigenvalue weighted by molar-refractivity contribution is 0.0322. The van der Waals surface area contributed by atoms with Crippen LogP contribution in [0.3, 0.4) is 0 Å². The van der Waals surface area contributed by atoms with Crippen LogP contribution in [0.1, 0.15) is 24.6 Å². The number of halogens is 1. The van der Waals surface area contributed by atoms with Gasteiger partial charge in [-0.05, 0) is 55.8 Å². The van der Waals surface area contributed by atoms with Crippen LogP contribution in [0.25, 0.3) is 10.9 Å². The number of carbonyl (C=O) groups is 1. The van der Waals surface area contributed by atoms with Crippen molar-refractivity contribution in [3.8, 4) is 11.5 Å². The number of piperidine rings is 1. The molecule has 0 spiro atoms. The second-order valence-corrected chi connectivity index (χ2v) is 8.40. The van der Waals surface area contributed by atoms with E-state index < -0.39 is 6.10 Å². The van der Waals surface area contributed by atoms with Gasteiger partial charge in [0.05, 0.1) is 5.52 Å². The van der Waals surface area contributed by atoms with Crippen LogP contribution in [0.15, 0.2) is 54.7 Å². The van der Waals surface area contributed by atoms with Crippen LogP contribution in [-0.2, 0) is 0 Å². The van der Waals surface area contributed by atoms with Gasteiger partial charge in [0, 0.05) is 36.6 Å². The van der Waals surface area contributed by atoms with Gasteiger partial charge in [-0.15, -0.1) is 0 Å². The van der Waals surface area contributed by atoms with E-state index in [1.807, 2.05) is 48.5 Å². The predicted octanol–water partition coefficient (Wildman–Crippen LogP) is 4.24. The van der Waals surface area contributed by atoms with Crippen LogP contribution in [0, 0.1) is 0 Å². The highest BCUT2D eigenvalue weighted by Gasteiger charge is 2.23. The number of para-hydroxylation sites is 1. The lowest BCUT2D eigenvalue weighted by atomic mass is 10.1. The Morgan fingerprint density at radius 3 is 2.81 bits per heavy atom. The number of rotatable bonds is 7. The number of carbonyl (C=O) groups excluding carboxylic acids is 1. The molecule has 1 N–H and O–H groups in total. The Morgan fingerprint density at radius 1 is 1.23 bits per heavy atom. The number of likely N-dealkylation sites (tertiary alicyclic amines) is 1. The predicted molar refractivity (Wildman–Crippen MR) is 121 cm³/mol. The first-order chi connectivity index (χ1) is 15.0. The molecule has 1 aliphatic rings. The zero-order chi connectivity index (χ0) is 21.8. The van der Waals surface area contributed by atoms with Gasteiger partial charge in [-0.2, -0.15) is 0 Å². The molecule has 4 rings (SSSR count). The quantitative estimate of drug-likeness (QED) is 0.593. The van der Waals surface area contributed by atoms with E-state index in [0.29, 0.717) is 17.3 Å². The molecule has 2 atom stereocenters. The van der Waals surface area contributed by atoms with Crippen molar-refractivity contribution in [1.29, 1.82) is 0 Å². The molecule has 1 aromatic heterocycles. The second-order valence-electron chi connectivity index (χ2n) is 7.96. The van der Waals surface area contributed by atoms with Crippen LogP contribution < -0.4 is 9.47 Å². The Bertz CT molecular complexity index is 1030. The van der Waals surface area contributed by atoms with Crippen molar-refractivity contribution in [2.75, 3.05) is 26.2 Å². The number of nitrogens with zero attached hydrogens (tertiary/aromatic N) is 2. The van der Waals surface area contributed by atoms with Crippen molar-refractivity contribution in [3.05, 3.63) is 59.8 Å². The molecule has 1 fully saturated rings. The first kappa shape index (κ1) is 21.7. The monoisotopic (exact) mass is 442 g/mol. The molecule has 2 aromatic carbocycles. The maximum atomic E-state index is 11.9. The van der Waals surface area contributed by atoms with Gasteiger partial charge in [-0.1, -0.05) is 23.7 Å². The number of aromatic nitrogens is 1. The molecule has 0 saturated carbocycles. The van der Waals surface area contributed by atoms with Crippen LogP contribution in [-0.4, -0.2) is 58.9 Å². The smallest absolute Gasteiger partial charge is 0.228 e. The number of hydrogen-bond acceptors (Lipinski definition) is 5. The summed E-state index contributed by atoms with van der Waals surface area (Å²) in [6.07, 6.45) is 3.17. The molecular formula is C24H27ClN2O4. The van der Waals surface area contributed by atoms with Crippen molar-refractivity contribution in [2.24, 2.45) is 0 Å². The zero-order valence-electron chi connectivity index (χ0n) is 17.5. The van der Waals surface area contributed by atoms with Gasteiger partial charge < -0.3 is 14.6 Å². The van der Waals surface area contributed by atoms with Gasteiger partial charge in [0.15, 0.2) is 0 Å². The highest BCUT2D eigenvalue weighted by atomic mass is 35.5. The molecule has 164 valence electrons. The average molecular weight is 443 g/mol. The molecule has 6 nitrogen and oxygen atoms in total. The van der Waals surface area contributed by atoms with Crippen LogP contribution in [0.2, 0.25) is 5.02 Å². The molecule has 2 heterocycles. The lowest BCUT2D eigenvalue weighted by Gasteiger charge is -2.34. The number of aliphatic hydroxyl groups is 1. The van der Waals surface area contributed by atoms with E-state index in [1.54, 1.807) is 10.8 Å². The topological polar surface area (TPSA) is 63.9 Å². The van der Waals surface area contributed by atoms with E-state index in [4.69, 9.17) is 21.1 Å².